The Morgan fingerprint density at radius 1 is 0.610 bits per heavy atom. The molecular formula is C36H44N2O3. The van der Waals surface area contributed by atoms with Crippen LogP contribution >= 0.6 is 0 Å². The van der Waals surface area contributed by atoms with E-state index in [9.17, 15) is 14.7 Å². The smallest absolute Gasteiger partial charge is 0.255 e. The van der Waals surface area contributed by atoms with Gasteiger partial charge < -0.3 is 15.7 Å². The molecule has 0 heterocycles. The Morgan fingerprint density at radius 2 is 1.02 bits per heavy atom. The summed E-state index contributed by atoms with van der Waals surface area (Å²) in [5.41, 5.74) is 7.34. The van der Waals surface area contributed by atoms with Crippen molar-refractivity contribution in [2.45, 2.75) is 103 Å². The third-order valence-electron chi connectivity index (χ3n) is 9.69. The van der Waals surface area contributed by atoms with Crippen LogP contribution in [0.1, 0.15) is 124 Å². The van der Waals surface area contributed by atoms with Crippen LogP contribution in [0.4, 0.5) is 11.4 Å². The Hall–Kier alpha value is -3.60. The zero-order chi connectivity index (χ0) is 30.0. The molecule has 0 atom stereocenters. The number of rotatable bonds is 4. The van der Waals surface area contributed by atoms with Crippen molar-refractivity contribution in [2.24, 2.45) is 0 Å². The molecule has 0 saturated carbocycles. The second-order valence-electron chi connectivity index (χ2n) is 14.6. The predicted molar refractivity (Wildman–Crippen MR) is 167 cm³/mol. The monoisotopic (exact) mass is 552 g/mol. The minimum atomic E-state index is -0.349. The van der Waals surface area contributed by atoms with Gasteiger partial charge >= 0.3 is 0 Å². The topological polar surface area (TPSA) is 78.4 Å². The van der Waals surface area contributed by atoms with Gasteiger partial charge in [0.25, 0.3) is 11.8 Å². The van der Waals surface area contributed by atoms with Crippen LogP contribution in [0.5, 0.6) is 5.75 Å². The first-order valence-corrected chi connectivity index (χ1v) is 14.8. The second kappa shape index (κ2) is 9.75. The van der Waals surface area contributed by atoms with Crippen molar-refractivity contribution in [1.82, 2.24) is 0 Å². The van der Waals surface area contributed by atoms with Gasteiger partial charge in [0.2, 0.25) is 0 Å². The van der Waals surface area contributed by atoms with Gasteiger partial charge in [-0.15, -0.1) is 0 Å². The maximum Gasteiger partial charge on any atom is 0.255 e. The van der Waals surface area contributed by atoms with Crippen molar-refractivity contribution < 1.29 is 14.7 Å². The van der Waals surface area contributed by atoms with E-state index in [1.54, 1.807) is 42.5 Å². The molecule has 0 spiro atoms. The van der Waals surface area contributed by atoms with Gasteiger partial charge in [-0.05, 0) is 106 Å². The highest BCUT2D eigenvalue weighted by atomic mass is 16.3. The number of hydrogen-bond acceptors (Lipinski definition) is 3. The molecule has 0 saturated heterocycles. The fourth-order valence-electron chi connectivity index (χ4n) is 6.78. The van der Waals surface area contributed by atoms with Crippen LogP contribution < -0.4 is 10.6 Å². The van der Waals surface area contributed by atoms with Crippen LogP contribution in [-0.4, -0.2) is 16.9 Å². The Kier molecular flexibility index (Phi) is 6.88. The molecular weight excluding hydrogens is 508 g/mol. The number of aromatic hydroxyl groups is 1. The van der Waals surface area contributed by atoms with E-state index in [0.29, 0.717) is 16.8 Å². The molecule has 2 amide bonds. The second-order valence-corrected chi connectivity index (χ2v) is 14.6. The minimum absolute atomic E-state index is 0.00331. The van der Waals surface area contributed by atoms with Crippen molar-refractivity contribution in [1.29, 1.82) is 0 Å². The van der Waals surface area contributed by atoms with E-state index in [1.165, 1.54) is 28.3 Å². The summed E-state index contributed by atoms with van der Waals surface area (Å²) in [5, 5.41) is 16.2. The molecule has 3 aromatic rings. The van der Waals surface area contributed by atoms with Crippen molar-refractivity contribution in [3.05, 3.63) is 88.0 Å². The Morgan fingerprint density at radius 3 is 1.49 bits per heavy atom. The fraction of sp³-hybridized carbons (Fsp3) is 0.444. The highest BCUT2D eigenvalue weighted by Gasteiger charge is 2.46. The van der Waals surface area contributed by atoms with Crippen LogP contribution in [0.2, 0.25) is 0 Å². The van der Waals surface area contributed by atoms with Gasteiger partial charge in [-0.1, -0.05) is 73.6 Å². The molecule has 2 aliphatic rings. The van der Waals surface area contributed by atoms with Gasteiger partial charge in [-0.25, -0.2) is 0 Å². The fourth-order valence-corrected chi connectivity index (χ4v) is 6.78. The third-order valence-corrected chi connectivity index (χ3v) is 9.69. The zero-order valence-corrected chi connectivity index (χ0v) is 25.8. The summed E-state index contributed by atoms with van der Waals surface area (Å²) in [5.74, 6) is -0.521. The number of carbonyl (C=O) groups is 2. The maximum absolute atomic E-state index is 13.9. The summed E-state index contributed by atoms with van der Waals surface area (Å²) in [6.07, 6.45) is 4.32. The standard InChI is InChI=1S/C36H44N2O3/c1-33(2)17-19-35(5,6)28-24(33)21-25-29(36(7,8)20-18-34(25,3)4)30(28)38-32(41)23-15-13-22(14-16-23)31(40)37-26-11-9-10-12-27(26)39/h9-16,21,39H,17-20H2,1-8H3,(H,37,40)(H,38,41). The largest absolute Gasteiger partial charge is 0.506 e. The molecule has 3 N–H and O–H groups in total. The Bertz CT molecular complexity index is 1470. The number of fused-ring (bicyclic) bond motifs is 2. The molecule has 0 aliphatic heterocycles. The van der Waals surface area contributed by atoms with Crippen LogP contribution in [0.15, 0.2) is 54.6 Å². The van der Waals surface area contributed by atoms with Crippen LogP contribution in [0, 0.1) is 0 Å². The van der Waals surface area contributed by atoms with E-state index >= 15 is 0 Å². The molecule has 0 fully saturated rings. The molecule has 0 unspecified atom stereocenters. The summed E-state index contributed by atoms with van der Waals surface area (Å²) in [6, 6.07) is 15.8. The zero-order valence-electron chi connectivity index (χ0n) is 25.8. The quantitative estimate of drug-likeness (QED) is 0.284. The molecule has 2 aliphatic carbocycles. The van der Waals surface area contributed by atoms with E-state index in [0.717, 1.165) is 31.4 Å². The van der Waals surface area contributed by atoms with E-state index in [2.05, 4.69) is 72.1 Å². The molecule has 0 aromatic heterocycles. The number of nitrogens with one attached hydrogen (secondary N) is 2. The predicted octanol–water partition coefficient (Wildman–Crippen LogP) is 8.59. The van der Waals surface area contributed by atoms with Crippen LogP contribution in [0.25, 0.3) is 0 Å². The number of phenols is 1. The van der Waals surface area contributed by atoms with Crippen molar-refractivity contribution in [3.63, 3.8) is 0 Å². The summed E-state index contributed by atoms with van der Waals surface area (Å²) in [6.45, 7) is 18.6. The molecule has 3 aromatic carbocycles. The van der Waals surface area contributed by atoms with E-state index in [-0.39, 0.29) is 39.2 Å². The number of para-hydroxylation sites is 2. The number of hydrogen-bond donors (Lipinski definition) is 3. The summed E-state index contributed by atoms with van der Waals surface area (Å²) >= 11 is 0. The van der Waals surface area contributed by atoms with Gasteiger partial charge in [-0.2, -0.15) is 0 Å². The summed E-state index contributed by atoms with van der Waals surface area (Å²) in [7, 11) is 0. The van der Waals surface area contributed by atoms with E-state index < -0.39 is 0 Å². The first kappa shape index (κ1) is 28.9. The molecule has 5 rings (SSSR count). The maximum atomic E-state index is 13.9. The van der Waals surface area contributed by atoms with Crippen molar-refractivity contribution in [2.75, 3.05) is 10.6 Å². The lowest BCUT2D eigenvalue weighted by atomic mass is 9.56. The Balaban J connectivity index is 1.55. The Labute approximate surface area is 244 Å². The highest BCUT2D eigenvalue weighted by molar-refractivity contribution is 6.08. The molecule has 0 bridgehead atoms. The number of amides is 2. The molecule has 5 heteroatoms. The van der Waals surface area contributed by atoms with Gasteiger partial charge in [0.1, 0.15) is 5.75 Å². The SMILES string of the molecule is CC1(C)CCC(C)(C)c2c1cc1c(c2NC(=O)c2ccc(C(=O)Nc3ccccc3O)cc2)C(C)(C)CCC1(C)C. The molecule has 41 heavy (non-hydrogen) atoms. The van der Waals surface area contributed by atoms with Crippen molar-refractivity contribution in [3.8, 4) is 5.75 Å². The summed E-state index contributed by atoms with van der Waals surface area (Å²) < 4.78 is 0. The van der Waals surface area contributed by atoms with Gasteiger partial charge in [0, 0.05) is 16.8 Å². The number of phenolic OH excluding ortho intramolecular Hbond substituents is 1. The summed E-state index contributed by atoms with van der Waals surface area (Å²) in [4.78, 5) is 26.7. The first-order valence-electron chi connectivity index (χ1n) is 14.8. The number of anilines is 2. The van der Waals surface area contributed by atoms with Crippen molar-refractivity contribution >= 4 is 23.2 Å². The number of benzene rings is 3. The highest BCUT2D eigenvalue weighted by Crippen LogP contribution is 2.56. The average molecular weight is 553 g/mol. The molecule has 5 nitrogen and oxygen atoms in total. The van der Waals surface area contributed by atoms with Gasteiger partial charge in [-0.3, -0.25) is 9.59 Å². The number of carbonyl (C=O) groups excluding carboxylic acids is 2. The normalized spacial score (nSPS) is 19.4. The third kappa shape index (κ3) is 5.16. The van der Waals surface area contributed by atoms with Crippen LogP contribution in [0.3, 0.4) is 0 Å². The lowest BCUT2D eigenvalue weighted by molar-refractivity contribution is 0.101. The van der Waals surface area contributed by atoms with Crippen LogP contribution in [-0.2, 0) is 21.7 Å². The lowest BCUT2D eigenvalue weighted by Gasteiger charge is -2.49. The lowest BCUT2D eigenvalue weighted by Crippen LogP contribution is -2.41. The van der Waals surface area contributed by atoms with E-state index in [4.69, 9.17) is 0 Å². The molecule has 0 radical (unpaired) electrons. The van der Waals surface area contributed by atoms with Gasteiger partial charge in [0.15, 0.2) is 0 Å². The minimum Gasteiger partial charge on any atom is -0.506 e. The van der Waals surface area contributed by atoms with E-state index in [1.807, 2.05) is 0 Å². The average Bonchev–Trinajstić information content (AvgIpc) is 2.90. The molecule has 216 valence electrons. The first-order chi connectivity index (χ1) is 19.0. The van der Waals surface area contributed by atoms with Gasteiger partial charge in [0.05, 0.1) is 5.69 Å².